The van der Waals surface area contributed by atoms with Crippen molar-refractivity contribution in [2.45, 2.75) is 44.1 Å². The van der Waals surface area contributed by atoms with Crippen molar-refractivity contribution in [2.75, 3.05) is 32.8 Å². The molecule has 1 amide bonds. The molecule has 7 heteroatoms. The molecule has 0 aliphatic carbocycles. The maximum Gasteiger partial charge on any atom is 0.219 e. The highest BCUT2D eigenvalue weighted by Crippen LogP contribution is 2.32. The summed E-state index contributed by atoms with van der Waals surface area (Å²) in [5, 5.41) is 14.5. The second kappa shape index (κ2) is 7.62. The molecule has 5 atom stereocenters. The monoisotopic (exact) mass is 361 g/mol. The highest BCUT2D eigenvalue weighted by Gasteiger charge is 2.52. The molecule has 26 heavy (non-hydrogen) atoms. The summed E-state index contributed by atoms with van der Waals surface area (Å²) in [6.45, 7) is 5.58. The molecule has 1 aromatic rings. The Bertz CT molecular complexity index is 620. The van der Waals surface area contributed by atoms with E-state index in [0.29, 0.717) is 26.2 Å². The van der Waals surface area contributed by atoms with Crippen LogP contribution in [0.3, 0.4) is 0 Å². The molecule has 3 aliphatic heterocycles. The van der Waals surface area contributed by atoms with Crippen LogP contribution in [0.15, 0.2) is 30.3 Å². The predicted molar refractivity (Wildman–Crippen MR) is 95.3 cm³/mol. The molecule has 1 aromatic carbocycles. The van der Waals surface area contributed by atoms with Crippen molar-refractivity contribution in [2.24, 2.45) is 0 Å². The number of amides is 1. The summed E-state index contributed by atoms with van der Waals surface area (Å²) in [5.74, 6) is 0.102. The minimum absolute atomic E-state index is 0.102. The number of aliphatic hydroxyl groups excluding tert-OH is 1. The van der Waals surface area contributed by atoms with E-state index in [1.807, 2.05) is 23.1 Å². The van der Waals surface area contributed by atoms with Crippen molar-refractivity contribution in [1.29, 1.82) is 0 Å². The Morgan fingerprint density at radius 2 is 1.96 bits per heavy atom. The fourth-order valence-electron chi connectivity index (χ4n) is 4.21. The van der Waals surface area contributed by atoms with Crippen LogP contribution in [0, 0.1) is 0 Å². The number of hydrogen-bond donors (Lipinski definition) is 2. The molecule has 3 heterocycles. The van der Waals surface area contributed by atoms with E-state index < -0.39 is 12.4 Å². The van der Waals surface area contributed by atoms with Gasteiger partial charge in [-0.2, -0.15) is 0 Å². The maximum absolute atomic E-state index is 11.5. The van der Waals surface area contributed by atoms with E-state index in [1.165, 1.54) is 5.56 Å². The fourth-order valence-corrected chi connectivity index (χ4v) is 4.21. The van der Waals surface area contributed by atoms with Gasteiger partial charge in [-0.15, -0.1) is 0 Å². The van der Waals surface area contributed by atoms with Gasteiger partial charge in [-0.05, 0) is 5.56 Å². The smallest absolute Gasteiger partial charge is 0.219 e. The second-order valence-corrected chi connectivity index (χ2v) is 7.29. The third-order valence-electron chi connectivity index (χ3n) is 5.70. The number of benzene rings is 1. The summed E-state index contributed by atoms with van der Waals surface area (Å²) in [7, 11) is 0. The SMILES string of the molecule is CC(=O)N1CCN([C@H]2[C@@H]3OC[C@@H](O3)[C@@H](NCc3ccccc3)[C@@H]2O)CC1. The van der Waals surface area contributed by atoms with Gasteiger partial charge in [0, 0.05) is 39.6 Å². The number of nitrogens with zero attached hydrogens (tertiary/aromatic N) is 2. The van der Waals surface area contributed by atoms with Crippen LogP contribution in [0.4, 0.5) is 0 Å². The van der Waals surface area contributed by atoms with Gasteiger partial charge in [0.05, 0.1) is 24.8 Å². The zero-order valence-corrected chi connectivity index (χ0v) is 15.1. The van der Waals surface area contributed by atoms with Gasteiger partial charge in [0.1, 0.15) is 6.10 Å². The highest BCUT2D eigenvalue weighted by atomic mass is 16.7. The topological polar surface area (TPSA) is 74.3 Å². The van der Waals surface area contributed by atoms with E-state index >= 15 is 0 Å². The summed E-state index contributed by atoms with van der Waals surface area (Å²) >= 11 is 0. The number of aliphatic hydroxyl groups is 1. The number of ether oxygens (including phenoxy) is 2. The van der Waals surface area contributed by atoms with E-state index in [9.17, 15) is 9.90 Å². The van der Waals surface area contributed by atoms with E-state index in [4.69, 9.17) is 9.47 Å². The van der Waals surface area contributed by atoms with Crippen molar-refractivity contribution in [3.63, 3.8) is 0 Å². The molecular formula is C19H27N3O4. The molecule has 0 radical (unpaired) electrons. The minimum Gasteiger partial charge on any atom is -0.390 e. The Balaban J connectivity index is 1.42. The Labute approximate surface area is 153 Å². The average molecular weight is 361 g/mol. The van der Waals surface area contributed by atoms with Crippen LogP contribution in [0.2, 0.25) is 0 Å². The number of rotatable bonds is 4. The van der Waals surface area contributed by atoms with Gasteiger partial charge in [0.15, 0.2) is 6.29 Å². The Morgan fingerprint density at radius 1 is 1.23 bits per heavy atom. The van der Waals surface area contributed by atoms with Gasteiger partial charge in [-0.25, -0.2) is 0 Å². The van der Waals surface area contributed by atoms with E-state index in [1.54, 1.807) is 6.92 Å². The first-order valence-electron chi connectivity index (χ1n) is 9.35. The summed E-state index contributed by atoms with van der Waals surface area (Å²) in [4.78, 5) is 15.6. The highest BCUT2D eigenvalue weighted by molar-refractivity contribution is 5.73. The third kappa shape index (κ3) is 3.50. The number of hydrogen-bond acceptors (Lipinski definition) is 6. The van der Waals surface area contributed by atoms with Crippen LogP contribution >= 0.6 is 0 Å². The van der Waals surface area contributed by atoms with Crippen molar-refractivity contribution < 1.29 is 19.4 Å². The number of carbonyl (C=O) groups is 1. The minimum atomic E-state index is -0.575. The van der Waals surface area contributed by atoms with Gasteiger partial charge in [0.25, 0.3) is 0 Å². The molecule has 0 unspecified atom stereocenters. The molecule has 2 bridgehead atoms. The van der Waals surface area contributed by atoms with Crippen LogP contribution in [-0.4, -0.2) is 84.2 Å². The quantitative estimate of drug-likeness (QED) is 0.773. The maximum atomic E-state index is 11.5. The summed E-state index contributed by atoms with van der Waals surface area (Å²) in [6, 6.07) is 9.76. The Kier molecular flexibility index (Phi) is 5.24. The van der Waals surface area contributed by atoms with Crippen LogP contribution in [0.1, 0.15) is 12.5 Å². The van der Waals surface area contributed by atoms with Crippen LogP contribution in [0.5, 0.6) is 0 Å². The Hall–Kier alpha value is -1.51. The summed E-state index contributed by atoms with van der Waals surface area (Å²) in [5.41, 5.74) is 1.17. The molecule has 0 spiro atoms. The van der Waals surface area contributed by atoms with Gasteiger partial charge >= 0.3 is 0 Å². The van der Waals surface area contributed by atoms with Gasteiger partial charge in [0.2, 0.25) is 5.91 Å². The largest absolute Gasteiger partial charge is 0.390 e. The predicted octanol–water partition coefficient (Wildman–Crippen LogP) is -0.206. The molecular weight excluding hydrogens is 334 g/mol. The van der Waals surface area contributed by atoms with Crippen LogP contribution < -0.4 is 5.32 Å². The van der Waals surface area contributed by atoms with Crippen LogP contribution in [0.25, 0.3) is 0 Å². The third-order valence-corrected chi connectivity index (χ3v) is 5.70. The molecule has 4 rings (SSSR count). The lowest BCUT2D eigenvalue weighted by molar-refractivity contribution is -0.186. The molecule has 3 fully saturated rings. The first-order chi connectivity index (χ1) is 12.6. The average Bonchev–Trinajstić information content (AvgIpc) is 3.08. The standard InChI is InChI=1S/C19H27N3O4/c1-13(23)21-7-9-22(10-8-21)17-18(24)16(15-12-25-19(17)26-15)20-11-14-5-3-2-4-6-14/h2-6,15-20,24H,7-12H2,1H3/t15-,16-,17-,18+,19-/m1/s1. The molecule has 2 N–H and O–H groups in total. The number of piperazine rings is 1. The first kappa shape index (κ1) is 17.9. The van der Waals surface area contributed by atoms with E-state index in [0.717, 1.165) is 13.1 Å². The van der Waals surface area contributed by atoms with Gasteiger partial charge in [-0.3, -0.25) is 9.69 Å². The number of fused-ring (bicyclic) bond motifs is 2. The first-order valence-corrected chi connectivity index (χ1v) is 9.35. The second-order valence-electron chi connectivity index (χ2n) is 7.29. The number of nitrogens with one attached hydrogen (secondary N) is 1. The van der Waals surface area contributed by atoms with Crippen LogP contribution in [-0.2, 0) is 20.8 Å². The number of carbonyl (C=O) groups excluding carboxylic acids is 1. The molecule has 7 nitrogen and oxygen atoms in total. The van der Waals surface area contributed by atoms with Gasteiger partial charge < -0.3 is 24.8 Å². The van der Waals surface area contributed by atoms with E-state index in [2.05, 4.69) is 22.3 Å². The lowest BCUT2D eigenvalue weighted by atomic mass is 9.94. The Morgan fingerprint density at radius 3 is 2.65 bits per heavy atom. The lowest BCUT2D eigenvalue weighted by Gasteiger charge is -2.46. The van der Waals surface area contributed by atoms with Crippen molar-refractivity contribution in [3.05, 3.63) is 35.9 Å². The van der Waals surface area contributed by atoms with E-state index in [-0.39, 0.29) is 24.1 Å². The molecule has 0 saturated carbocycles. The molecule has 3 saturated heterocycles. The van der Waals surface area contributed by atoms with Crippen molar-refractivity contribution in [3.8, 4) is 0 Å². The zero-order chi connectivity index (χ0) is 18.1. The molecule has 3 aliphatic rings. The molecule has 0 aromatic heterocycles. The fraction of sp³-hybridized carbons (Fsp3) is 0.632. The summed E-state index contributed by atoms with van der Waals surface area (Å²) in [6.07, 6.45) is -1.10. The van der Waals surface area contributed by atoms with Crippen molar-refractivity contribution in [1.82, 2.24) is 15.1 Å². The van der Waals surface area contributed by atoms with Crippen molar-refractivity contribution >= 4 is 5.91 Å². The summed E-state index contributed by atoms with van der Waals surface area (Å²) < 4.78 is 11.9. The molecule has 142 valence electrons. The normalized spacial score (nSPS) is 34.8. The van der Waals surface area contributed by atoms with Gasteiger partial charge in [-0.1, -0.05) is 30.3 Å². The zero-order valence-electron chi connectivity index (χ0n) is 15.1. The lowest BCUT2D eigenvalue weighted by Crippen LogP contribution is -2.66.